The highest BCUT2D eigenvalue weighted by atomic mass is 32.1. The third-order valence-electron chi connectivity index (χ3n) is 3.00. The van der Waals surface area contributed by atoms with Crippen molar-refractivity contribution in [3.05, 3.63) is 70.4 Å². The van der Waals surface area contributed by atoms with Gasteiger partial charge in [0, 0.05) is 35.1 Å². The van der Waals surface area contributed by atoms with Gasteiger partial charge in [-0.2, -0.15) is 0 Å². The quantitative estimate of drug-likeness (QED) is 0.738. The van der Waals surface area contributed by atoms with Crippen LogP contribution < -0.4 is 0 Å². The van der Waals surface area contributed by atoms with Crippen LogP contribution in [-0.4, -0.2) is 21.0 Å². The fourth-order valence-electron chi connectivity index (χ4n) is 2.07. The van der Waals surface area contributed by atoms with E-state index in [1.807, 2.05) is 11.4 Å². The molecule has 0 saturated heterocycles. The monoisotopic (exact) mass is 306 g/mol. The molecule has 0 spiro atoms. The Morgan fingerprint density at radius 2 is 1.91 bits per heavy atom. The minimum atomic E-state index is -0.982. The number of nitrogens with zero attached hydrogens (tertiary/aromatic N) is 2. The number of carbonyl (C=O) groups is 1. The average Bonchev–Trinajstić information content (AvgIpc) is 3.06. The van der Waals surface area contributed by atoms with E-state index < -0.39 is 5.97 Å². The van der Waals surface area contributed by atoms with Crippen LogP contribution >= 0.6 is 11.3 Å². The van der Waals surface area contributed by atoms with Crippen LogP contribution in [0, 0.1) is 11.8 Å². The molecule has 0 fully saturated rings. The largest absolute Gasteiger partial charge is 0.478 e. The number of pyridine rings is 1. The summed E-state index contributed by atoms with van der Waals surface area (Å²) in [5.74, 6) is 5.01. The van der Waals surface area contributed by atoms with Crippen molar-refractivity contribution < 1.29 is 9.90 Å². The van der Waals surface area contributed by atoms with Gasteiger partial charge in [-0.1, -0.05) is 12.0 Å². The van der Waals surface area contributed by atoms with E-state index in [4.69, 9.17) is 0 Å². The van der Waals surface area contributed by atoms with Gasteiger partial charge < -0.3 is 5.11 Å². The molecule has 0 saturated carbocycles. The van der Waals surface area contributed by atoms with Crippen molar-refractivity contribution in [2.45, 2.75) is 0 Å². The Balaban J connectivity index is 2.18. The molecular weight excluding hydrogens is 296 g/mol. The fourth-order valence-corrected chi connectivity index (χ4v) is 2.55. The van der Waals surface area contributed by atoms with Gasteiger partial charge in [0.15, 0.2) is 5.01 Å². The maximum Gasteiger partial charge on any atom is 0.336 e. The Labute approximate surface area is 131 Å². The molecule has 2 aromatic heterocycles. The van der Waals surface area contributed by atoms with E-state index >= 15 is 0 Å². The number of aromatic carboxylic acids is 1. The van der Waals surface area contributed by atoms with Gasteiger partial charge in [-0.3, -0.25) is 4.98 Å². The maximum atomic E-state index is 11.5. The molecule has 4 nitrogen and oxygen atoms in total. The lowest BCUT2D eigenvalue weighted by molar-refractivity contribution is 0.0697. The molecule has 5 heteroatoms. The van der Waals surface area contributed by atoms with Gasteiger partial charge >= 0.3 is 5.97 Å². The molecule has 0 aliphatic carbocycles. The van der Waals surface area contributed by atoms with E-state index in [0.717, 1.165) is 5.56 Å². The van der Waals surface area contributed by atoms with Crippen molar-refractivity contribution in [3.63, 3.8) is 0 Å². The molecule has 0 aliphatic heterocycles. The Morgan fingerprint density at radius 3 is 2.59 bits per heavy atom. The van der Waals surface area contributed by atoms with Gasteiger partial charge in [-0.05, 0) is 35.7 Å². The number of rotatable bonds is 2. The van der Waals surface area contributed by atoms with E-state index in [1.54, 1.807) is 42.9 Å². The van der Waals surface area contributed by atoms with Crippen molar-refractivity contribution in [2.75, 3.05) is 0 Å². The predicted octanol–water partition coefficient (Wildman–Crippen LogP) is 3.30. The Kier molecular flexibility index (Phi) is 3.95. The summed E-state index contributed by atoms with van der Waals surface area (Å²) in [6.45, 7) is 0. The lowest BCUT2D eigenvalue weighted by Crippen LogP contribution is -2.01. The maximum absolute atomic E-state index is 11.5. The third-order valence-corrected chi connectivity index (χ3v) is 3.69. The highest BCUT2D eigenvalue weighted by molar-refractivity contribution is 7.10. The SMILES string of the molecule is O=C(O)c1cccc(C#Cc2nccs2)c1-c1ccncc1. The van der Waals surface area contributed by atoms with Gasteiger partial charge in [0.1, 0.15) is 0 Å². The Bertz CT molecular complexity index is 863. The van der Waals surface area contributed by atoms with Gasteiger partial charge in [-0.15, -0.1) is 11.3 Å². The molecule has 0 atom stereocenters. The first-order valence-electron chi connectivity index (χ1n) is 6.44. The van der Waals surface area contributed by atoms with Gasteiger partial charge in [0.25, 0.3) is 0 Å². The van der Waals surface area contributed by atoms with Crippen LogP contribution in [0.25, 0.3) is 11.1 Å². The number of benzene rings is 1. The van der Waals surface area contributed by atoms with E-state index in [2.05, 4.69) is 21.8 Å². The summed E-state index contributed by atoms with van der Waals surface area (Å²) >= 11 is 1.44. The molecular formula is C17H10N2O2S. The number of carboxylic acids is 1. The number of carboxylic acid groups (broad SMARTS) is 1. The van der Waals surface area contributed by atoms with Crippen molar-refractivity contribution in [1.29, 1.82) is 0 Å². The van der Waals surface area contributed by atoms with Crippen LogP contribution in [0.5, 0.6) is 0 Å². The molecule has 1 aromatic carbocycles. The molecule has 106 valence electrons. The van der Waals surface area contributed by atoms with E-state index in [9.17, 15) is 9.90 Å². The second-order valence-electron chi connectivity index (χ2n) is 4.36. The van der Waals surface area contributed by atoms with Crippen LogP contribution in [-0.2, 0) is 0 Å². The molecule has 3 aromatic rings. The fraction of sp³-hybridized carbons (Fsp3) is 0. The molecule has 2 heterocycles. The molecule has 3 rings (SSSR count). The summed E-state index contributed by atoms with van der Waals surface area (Å²) in [5, 5.41) is 12.0. The molecule has 1 N–H and O–H groups in total. The first-order chi connectivity index (χ1) is 10.8. The highest BCUT2D eigenvalue weighted by Crippen LogP contribution is 2.27. The van der Waals surface area contributed by atoms with Crippen LogP contribution in [0.15, 0.2) is 54.3 Å². The smallest absolute Gasteiger partial charge is 0.336 e. The van der Waals surface area contributed by atoms with Crippen molar-refractivity contribution in [3.8, 4) is 23.0 Å². The summed E-state index contributed by atoms with van der Waals surface area (Å²) in [6.07, 6.45) is 4.95. The van der Waals surface area contributed by atoms with Crippen molar-refractivity contribution >= 4 is 17.3 Å². The van der Waals surface area contributed by atoms with Gasteiger partial charge in [-0.25, -0.2) is 9.78 Å². The number of aromatic nitrogens is 2. The summed E-state index contributed by atoms with van der Waals surface area (Å²) < 4.78 is 0. The number of hydrogen-bond donors (Lipinski definition) is 1. The topological polar surface area (TPSA) is 63.1 Å². The first kappa shape index (κ1) is 14.0. The van der Waals surface area contributed by atoms with Gasteiger partial charge in [0.2, 0.25) is 0 Å². The van der Waals surface area contributed by atoms with Crippen LogP contribution in [0.1, 0.15) is 20.9 Å². The van der Waals surface area contributed by atoms with Crippen LogP contribution in [0.4, 0.5) is 0 Å². The summed E-state index contributed by atoms with van der Waals surface area (Å²) in [5.41, 5.74) is 2.25. The molecule has 0 aliphatic rings. The van der Waals surface area contributed by atoms with E-state index in [0.29, 0.717) is 16.1 Å². The second-order valence-corrected chi connectivity index (χ2v) is 5.25. The highest BCUT2D eigenvalue weighted by Gasteiger charge is 2.14. The minimum Gasteiger partial charge on any atom is -0.478 e. The normalized spacial score (nSPS) is 9.82. The first-order valence-corrected chi connectivity index (χ1v) is 7.32. The van der Waals surface area contributed by atoms with Gasteiger partial charge in [0.05, 0.1) is 5.56 Å². The van der Waals surface area contributed by atoms with Crippen LogP contribution in [0.3, 0.4) is 0 Å². The minimum absolute atomic E-state index is 0.220. The van der Waals surface area contributed by atoms with E-state index in [-0.39, 0.29) is 5.56 Å². The zero-order valence-corrected chi connectivity index (χ0v) is 12.2. The standard InChI is InChI=1S/C17H10N2O2S/c20-17(21)14-3-1-2-12(4-5-15-19-10-11-22-15)16(14)13-6-8-18-9-7-13/h1-3,6-11H,(H,20,21). The number of thiazole rings is 1. The van der Waals surface area contributed by atoms with Crippen molar-refractivity contribution in [2.24, 2.45) is 0 Å². The predicted molar refractivity (Wildman–Crippen MR) is 84.7 cm³/mol. The van der Waals surface area contributed by atoms with E-state index in [1.165, 1.54) is 11.3 Å². The Morgan fingerprint density at radius 1 is 1.09 bits per heavy atom. The Hall–Kier alpha value is -2.97. The summed E-state index contributed by atoms with van der Waals surface area (Å²) in [6, 6.07) is 8.63. The summed E-state index contributed by atoms with van der Waals surface area (Å²) in [7, 11) is 0. The summed E-state index contributed by atoms with van der Waals surface area (Å²) in [4.78, 5) is 19.6. The molecule has 22 heavy (non-hydrogen) atoms. The lowest BCUT2D eigenvalue weighted by Gasteiger charge is -2.08. The third kappa shape index (κ3) is 2.87. The molecule has 0 amide bonds. The zero-order valence-electron chi connectivity index (χ0n) is 11.4. The molecule has 0 bridgehead atoms. The average molecular weight is 306 g/mol. The van der Waals surface area contributed by atoms with Crippen molar-refractivity contribution in [1.82, 2.24) is 9.97 Å². The zero-order chi connectivity index (χ0) is 15.4. The lowest BCUT2D eigenvalue weighted by atomic mass is 9.95. The van der Waals surface area contributed by atoms with Crippen LogP contribution in [0.2, 0.25) is 0 Å². The molecule has 0 unspecified atom stereocenters. The molecule has 0 radical (unpaired) electrons. The number of hydrogen-bond acceptors (Lipinski definition) is 4. The second kappa shape index (κ2) is 6.20.